The number of allylic oxidation sites excluding steroid dienone is 3. The number of rotatable bonds is 8. The minimum Gasteiger partial charge on any atom is -0.460 e. The Morgan fingerprint density at radius 3 is 2.54 bits per heavy atom. The quantitative estimate of drug-likeness (QED) is 0.428. The molecule has 0 heterocycles. The summed E-state index contributed by atoms with van der Waals surface area (Å²) in [6.45, 7) is 4.11. The molecule has 0 aliphatic heterocycles. The Balaban J connectivity index is 2.58. The van der Waals surface area contributed by atoms with Crippen LogP contribution in [0.4, 0.5) is 10.5 Å². The second-order valence-electron chi connectivity index (χ2n) is 4.43. The molecule has 0 unspecified atom stereocenters. The van der Waals surface area contributed by atoms with Crippen LogP contribution in [0.15, 0.2) is 60.3 Å². The number of urea groups is 1. The smallest absolute Gasteiger partial charge is 0.338 e. The van der Waals surface area contributed by atoms with E-state index in [1.165, 1.54) is 18.7 Å². The normalized spacial score (nSPS) is 11.2. The van der Waals surface area contributed by atoms with Crippen LogP contribution in [0, 0.1) is 0 Å². The summed E-state index contributed by atoms with van der Waals surface area (Å²) in [7, 11) is 1.53. The molecule has 0 radical (unpaired) electrons. The van der Waals surface area contributed by atoms with Crippen LogP contribution in [-0.4, -0.2) is 32.3 Å². The first-order valence-corrected chi connectivity index (χ1v) is 7.48. The highest BCUT2D eigenvalue weighted by Crippen LogP contribution is 2.10. The molecule has 0 fully saturated rings. The van der Waals surface area contributed by atoms with E-state index in [9.17, 15) is 9.59 Å². The van der Waals surface area contributed by atoms with Crippen molar-refractivity contribution in [3.63, 3.8) is 0 Å². The van der Waals surface area contributed by atoms with Gasteiger partial charge in [0.1, 0.15) is 6.61 Å². The zero-order chi connectivity index (χ0) is 17.8. The standard InChI is InChI=1S/C17H19ClN2O4/c1-3-14(5-4-10-18)19-17(22)20-15-8-6-13(7-9-15)16(21)24-12-11-23-2/h3-10H,1,11-12H2,2H3,(H2,19,20,22). The zero-order valence-corrected chi connectivity index (χ0v) is 14.0. The van der Waals surface area contributed by atoms with Crippen molar-refractivity contribution in [3.8, 4) is 0 Å². The fraction of sp³-hybridized carbons (Fsp3) is 0.176. The van der Waals surface area contributed by atoms with E-state index in [0.717, 1.165) is 0 Å². The van der Waals surface area contributed by atoms with Crippen molar-refractivity contribution in [1.82, 2.24) is 5.32 Å². The minimum atomic E-state index is -0.451. The average molecular weight is 351 g/mol. The van der Waals surface area contributed by atoms with Gasteiger partial charge in [0, 0.05) is 24.0 Å². The summed E-state index contributed by atoms with van der Waals surface area (Å²) in [6.07, 6.45) is 4.64. The second-order valence-corrected chi connectivity index (χ2v) is 4.68. The van der Waals surface area contributed by atoms with E-state index in [1.807, 2.05) is 0 Å². The molecule has 1 aromatic rings. The molecular weight excluding hydrogens is 332 g/mol. The fourth-order valence-electron chi connectivity index (χ4n) is 1.58. The third-order valence-corrected chi connectivity index (χ3v) is 2.87. The van der Waals surface area contributed by atoms with Crippen LogP contribution in [0.1, 0.15) is 10.4 Å². The summed E-state index contributed by atoms with van der Waals surface area (Å²) < 4.78 is 9.80. The van der Waals surface area contributed by atoms with E-state index in [1.54, 1.807) is 36.4 Å². The van der Waals surface area contributed by atoms with Gasteiger partial charge in [0.25, 0.3) is 0 Å². The maximum atomic E-state index is 11.9. The summed E-state index contributed by atoms with van der Waals surface area (Å²) in [5, 5.41) is 5.23. The first-order chi connectivity index (χ1) is 11.6. The van der Waals surface area contributed by atoms with Crippen LogP contribution in [0.25, 0.3) is 0 Å². The van der Waals surface area contributed by atoms with Gasteiger partial charge in [-0.3, -0.25) is 0 Å². The number of methoxy groups -OCH3 is 1. The molecule has 2 amide bonds. The van der Waals surface area contributed by atoms with Gasteiger partial charge in [-0.05, 0) is 42.5 Å². The number of esters is 1. The number of ether oxygens (including phenoxy) is 2. The predicted octanol–water partition coefficient (Wildman–Crippen LogP) is 3.43. The van der Waals surface area contributed by atoms with E-state index < -0.39 is 12.0 Å². The van der Waals surface area contributed by atoms with Crippen LogP contribution >= 0.6 is 11.6 Å². The van der Waals surface area contributed by atoms with Crippen LogP contribution in [0.3, 0.4) is 0 Å². The molecule has 0 aliphatic carbocycles. The van der Waals surface area contributed by atoms with Crippen molar-refractivity contribution < 1.29 is 19.1 Å². The van der Waals surface area contributed by atoms with Crippen molar-refractivity contribution >= 4 is 29.3 Å². The Morgan fingerprint density at radius 2 is 1.96 bits per heavy atom. The number of amides is 2. The molecule has 128 valence electrons. The molecule has 2 N–H and O–H groups in total. The predicted molar refractivity (Wildman–Crippen MR) is 94.0 cm³/mol. The number of halogens is 1. The molecule has 0 bridgehead atoms. The largest absolute Gasteiger partial charge is 0.460 e. The van der Waals surface area contributed by atoms with Gasteiger partial charge in [0.15, 0.2) is 0 Å². The van der Waals surface area contributed by atoms with Gasteiger partial charge in [-0.2, -0.15) is 0 Å². The zero-order valence-electron chi connectivity index (χ0n) is 13.3. The van der Waals surface area contributed by atoms with Gasteiger partial charge in [-0.25, -0.2) is 9.59 Å². The number of carbonyl (C=O) groups excluding carboxylic acids is 2. The first-order valence-electron chi connectivity index (χ1n) is 7.04. The van der Waals surface area contributed by atoms with Gasteiger partial charge in [0.05, 0.1) is 12.2 Å². The van der Waals surface area contributed by atoms with E-state index in [-0.39, 0.29) is 6.61 Å². The van der Waals surface area contributed by atoms with Gasteiger partial charge < -0.3 is 20.1 Å². The Hall–Kier alpha value is -2.57. The highest BCUT2D eigenvalue weighted by atomic mass is 35.5. The Labute approximate surface area is 145 Å². The van der Waals surface area contributed by atoms with E-state index in [2.05, 4.69) is 17.2 Å². The SMILES string of the molecule is C=CC(=CC=CCl)NC(=O)Nc1ccc(C(=O)OCCOC)cc1. The van der Waals surface area contributed by atoms with Crippen LogP contribution in [0.2, 0.25) is 0 Å². The van der Waals surface area contributed by atoms with Gasteiger partial charge >= 0.3 is 12.0 Å². The molecule has 0 aromatic heterocycles. The summed E-state index contributed by atoms with van der Waals surface area (Å²) in [5.74, 6) is -0.451. The Kier molecular flexibility index (Phi) is 8.96. The highest BCUT2D eigenvalue weighted by Gasteiger charge is 2.08. The monoisotopic (exact) mass is 350 g/mol. The first kappa shape index (κ1) is 19.5. The molecule has 24 heavy (non-hydrogen) atoms. The average Bonchev–Trinajstić information content (AvgIpc) is 2.59. The molecule has 0 saturated carbocycles. The van der Waals surface area contributed by atoms with Crippen molar-refractivity contribution in [2.75, 3.05) is 25.6 Å². The molecule has 0 atom stereocenters. The molecule has 7 heteroatoms. The molecule has 0 aliphatic rings. The van der Waals surface area contributed by atoms with E-state index in [4.69, 9.17) is 21.1 Å². The minimum absolute atomic E-state index is 0.186. The van der Waals surface area contributed by atoms with Gasteiger partial charge in [0.2, 0.25) is 0 Å². The van der Waals surface area contributed by atoms with E-state index in [0.29, 0.717) is 23.6 Å². The highest BCUT2D eigenvalue weighted by molar-refractivity contribution is 6.25. The summed E-state index contributed by atoms with van der Waals surface area (Å²) in [6, 6.07) is 5.88. The van der Waals surface area contributed by atoms with Crippen LogP contribution in [-0.2, 0) is 9.47 Å². The molecule has 0 spiro atoms. The molecule has 6 nitrogen and oxygen atoms in total. The third-order valence-electron chi connectivity index (χ3n) is 2.73. The topological polar surface area (TPSA) is 76.7 Å². The number of hydrogen-bond donors (Lipinski definition) is 2. The number of benzene rings is 1. The number of nitrogens with one attached hydrogen (secondary N) is 2. The number of anilines is 1. The maximum Gasteiger partial charge on any atom is 0.338 e. The summed E-state index contributed by atoms with van der Waals surface area (Å²) >= 11 is 5.42. The molecular formula is C17H19ClN2O4. The Morgan fingerprint density at radius 1 is 1.25 bits per heavy atom. The van der Waals surface area contributed by atoms with E-state index >= 15 is 0 Å². The van der Waals surface area contributed by atoms with Gasteiger partial charge in [-0.1, -0.05) is 18.2 Å². The van der Waals surface area contributed by atoms with Crippen LogP contribution < -0.4 is 10.6 Å². The van der Waals surface area contributed by atoms with Crippen molar-refractivity contribution in [2.24, 2.45) is 0 Å². The second kappa shape index (κ2) is 11.0. The molecule has 1 aromatic carbocycles. The Bertz CT molecular complexity index is 624. The lowest BCUT2D eigenvalue weighted by Crippen LogP contribution is -2.27. The van der Waals surface area contributed by atoms with Crippen LogP contribution in [0.5, 0.6) is 0 Å². The number of hydrogen-bond acceptors (Lipinski definition) is 4. The van der Waals surface area contributed by atoms with Crippen molar-refractivity contribution in [2.45, 2.75) is 0 Å². The molecule has 1 rings (SSSR count). The van der Waals surface area contributed by atoms with Crippen molar-refractivity contribution in [1.29, 1.82) is 0 Å². The van der Waals surface area contributed by atoms with Gasteiger partial charge in [-0.15, -0.1) is 0 Å². The lowest BCUT2D eigenvalue weighted by molar-refractivity contribution is 0.0388. The molecule has 0 saturated heterocycles. The fourth-order valence-corrected chi connectivity index (χ4v) is 1.66. The summed E-state index contributed by atoms with van der Waals surface area (Å²) in [5.41, 5.74) is 2.71. The lowest BCUT2D eigenvalue weighted by atomic mass is 10.2. The maximum absolute atomic E-state index is 11.9. The summed E-state index contributed by atoms with van der Waals surface area (Å²) in [4.78, 5) is 23.6. The lowest BCUT2D eigenvalue weighted by Gasteiger charge is -2.09. The number of carbonyl (C=O) groups is 2. The third kappa shape index (κ3) is 7.13. The van der Waals surface area contributed by atoms with Crippen molar-refractivity contribution in [3.05, 3.63) is 65.9 Å².